The van der Waals surface area contributed by atoms with E-state index < -0.39 is 0 Å². The monoisotopic (exact) mass is 290 g/mol. The summed E-state index contributed by atoms with van der Waals surface area (Å²) in [6.45, 7) is 1.23. The van der Waals surface area contributed by atoms with E-state index in [1.807, 2.05) is 0 Å². The Kier molecular flexibility index (Phi) is 3.92. The van der Waals surface area contributed by atoms with E-state index in [-0.39, 0.29) is 23.5 Å². The van der Waals surface area contributed by atoms with Crippen LogP contribution in [0, 0.1) is 5.82 Å². The van der Waals surface area contributed by atoms with Crippen molar-refractivity contribution >= 4 is 5.91 Å². The molecule has 2 heterocycles. The van der Waals surface area contributed by atoms with Gasteiger partial charge in [0, 0.05) is 13.2 Å². The minimum Gasteiger partial charge on any atom is -0.376 e. The highest BCUT2D eigenvalue weighted by molar-refractivity contribution is 5.91. The lowest BCUT2D eigenvalue weighted by Gasteiger charge is -2.09. The fourth-order valence-corrected chi connectivity index (χ4v) is 2.19. The van der Waals surface area contributed by atoms with Crippen molar-refractivity contribution in [2.75, 3.05) is 13.2 Å². The predicted molar refractivity (Wildman–Crippen MR) is 72.6 cm³/mol. The quantitative estimate of drug-likeness (QED) is 0.922. The second-order valence-electron chi connectivity index (χ2n) is 4.87. The molecule has 1 aromatic carbocycles. The minimum atomic E-state index is -0.326. The summed E-state index contributed by atoms with van der Waals surface area (Å²) in [5, 5.41) is 10.5. The van der Waals surface area contributed by atoms with Gasteiger partial charge in [0.05, 0.1) is 18.0 Å². The third kappa shape index (κ3) is 3.25. The van der Waals surface area contributed by atoms with Gasteiger partial charge in [-0.25, -0.2) is 9.07 Å². The fourth-order valence-electron chi connectivity index (χ4n) is 2.19. The molecule has 1 fully saturated rings. The van der Waals surface area contributed by atoms with Crippen molar-refractivity contribution < 1.29 is 13.9 Å². The number of aromatic nitrogens is 3. The molecular formula is C14H15FN4O2. The molecule has 0 bridgehead atoms. The van der Waals surface area contributed by atoms with Gasteiger partial charge in [-0.15, -0.1) is 5.10 Å². The SMILES string of the molecule is O=C(NCC1CCCO1)c1cn(-c2ccc(F)cc2)nn1. The van der Waals surface area contributed by atoms with E-state index in [1.165, 1.54) is 23.0 Å². The molecule has 1 amide bonds. The Morgan fingerprint density at radius 2 is 2.24 bits per heavy atom. The lowest BCUT2D eigenvalue weighted by atomic mass is 10.2. The molecule has 1 aliphatic heterocycles. The second kappa shape index (κ2) is 6.01. The highest BCUT2D eigenvalue weighted by atomic mass is 19.1. The molecule has 2 aromatic rings. The van der Waals surface area contributed by atoms with Gasteiger partial charge >= 0.3 is 0 Å². The number of benzene rings is 1. The third-order valence-electron chi connectivity index (χ3n) is 3.33. The first kappa shape index (κ1) is 13.7. The van der Waals surface area contributed by atoms with Crippen molar-refractivity contribution in [1.29, 1.82) is 0 Å². The van der Waals surface area contributed by atoms with Gasteiger partial charge in [-0.3, -0.25) is 4.79 Å². The van der Waals surface area contributed by atoms with Crippen molar-refractivity contribution in [1.82, 2.24) is 20.3 Å². The number of ether oxygens (including phenoxy) is 1. The van der Waals surface area contributed by atoms with Crippen LogP contribution in [0.15, 0.2) is 30.5 Å². The van der Waals surface area contributed by atoms with Crippen LogP contribution < -0.4 is 5.32 Å². The summed E-state index contributed by atoms with van der Waals surface area (Å²) < 4.78 is 19.7. The number of hydrogen-bond donors (Lipinski definition) is 1. The summed E-state index contributed by atoms with van der Waals surface area (Å²) in [6.07, 6.45) is 3.59. The summed E-state index contributed by atoms with van der Waals surface area (Å²) in [7, 11) is 0. The van der Waals surface area contributed by atoms with E-state index in [0.29, 0.717) is 12.2 Å². The van der Waals surface area contributed by atoms with E-state index >= 15 is 0 Å². The Morgan fingerprint density at radius 1 is 1.43 bits per heavy atom. The maximum Gasteiger partial charge on any atom is 0.273 e. The average molecular weight is 290 g/mol. The number of nitrogens with zero attached hydrogens (tertiary/aromatic N) is 3. The van der Waals surface area contributed by atoms with Crippen LogP contribution in [0.4, 0.5) is 4.39 Å². The molecule has 1 N–H and O–H groups in total. The van der Waals surface area contributed by atoms with E-state index in [4.69, 9.17) is 4.74 Å². The number of halogens is 1. The van der Waals surface area contributed by atoms with Gasteiger partial charge in [0.1, 0.15) is 5.82 Å². The molecule has 110 valence electrons. The molecule has 0 saturated carbocycles. The number of carbonyl (C=O) groups excluding carboxylic acids is 1. The van der Waals surface area contributed by atoms with Crippen molar-refractivity contribution in [2.45, 2.75) is 18.9 Å². The smallest absolute Gasteiger partial charge is 0.273 e. The van der Waals surface area contributed by atoms with Gasteiger partial charge in [0.15, 0.2) is 5.69 Å². The lowest BCUT2D eigenvalue weighted by Crippen LogP contribution is -2.31. The lowest BCUT2D eigenvalue weighted by molar-refractivity contribution is 0.0853. The van der Waals surface area contributed by atoms with Crippen LogP contribution in [0.1, 0.15) is 23.3 Å². The first-order chi connectivity index (χ1) is 10.2. The Hall–Kier alpha value is -2.28. The van der Waals surface area contributed by atoms with Gasteiger partial charge in [-0.1, -0.05) is 5.21 Å². The molecule has 1 unspecified atom stereocenters. The van der Waals surface area contributed by atoms with Gasteiger partial charge in [0.25, 0.3) is 5.91 Å². The van der Waals surface area contributed by atoms with E-state index in [2.05, 4.69) is 15.6 Å². The van der Waals surface area contributed by atoms with Gasteiger partial charge < -0.3 is 10.1 Å². The number of nitrogens with one attached hydrogen (secondary N) is 1. The molecule has 1 aromatic heterocycles. The van der Waals surface area contributed by atoms with Gasteiger partial charge in [0.2, 0.25) is 0 Å². The van der Waals surface area contributed by atoms with Gasteiger partial charge in [-0.05, 0) is 37.1 Å². The van der Waals surface area contributed by atoms with Crippen LogP contribution in [-0.4, -0.2) is 40.2 Å². The molecule has 1 atom stereocenters. The standard InChI is InChI=1S/C14H15FN4O2/c15-10-3-5-11(6-4-10)19-9-13(17-18-19)14(20)16-8-12-2-1-7-21-12/h3-6,9,12H,1-2,7-8H2,(H,16,20). The van der Waals surface area contributed by atoms with E-state index in [0.717, 1.165) is 19.4 Å². The zero-order valence-electron chi connectivity index (χ0n) is 11.3. The molecule has 7 heteroatoms. The normalized spacial score (nSPS) is 17.9. The number of hydrogen-bond acceptors (Lipinski definition) is 4. The summed E-state index contributed by atoms with van der Waals surface area (Å²) >= 11 is 0. The molecule has 6 nitrogen and oxygen atoms in total. The summed E-state index contributed by atoms with van der Waals surface area (Å²) in [4.78, 5) is 12.0. The molecule has 1 aliphatic rings. The zero-order valence-corrected chi connectivity index (χ0v) is 11.3. The summed E-state index contributed by atoms with van der Waals surface area (Å²) in [5.74, 6) is -0.618. The first-order valence-electron chi connectivity index (χ1n) is 6.80. The minimum absolute atomic E-state index is 0.0843. The highest BCUT2D eigenvalue weighted by Gasteiger charge is 2.18. The van der Waals surface area contributed by atoms with Crippen LogP contribution in [0.3, 0.4) is 0 Å². The largest absolute Gasteiger partial charge is 0.376 e. The van der Waals surface area contributed by atoms with Gasteiger partial charge in [-0.2, -0.15) is 0 Å². The summed E-state index contributed by atoms with van der Waals surface area (Å²) in [6, 6.07) is 5.79. The maximum atomic E-state index is 12.9. The molecule has 21 heavy (non-hydrogen) atoms. The number of carbonyl (C=O) groups is 1. The third-order valence-corrected chi connectivity index (χ3v) is 3.33. The average Bonchev–Trinajstić information content (AvgIpc) is 3.17. The molecule has 0 aliphatic carbocycles. The fraction of sp³-hybridized carbons (Fsp3) is 0.357. The maximum absolute atomic E-state index is 12.9. The second-order valence-corrected chi connectivity index (χ2v) is 4.87. The van der Waals surface area contributed by atoms with Crippen molar-refractivity contribution in [3.8, 4) is 5.69 Å². The Bertz CT molecular complexity index is 620. The first-order valence-corrected chi connectivity index (χ1v) is 6.80. The van der Waals surface area contributed by atoms with E-state index in [1.54, 1.807) is 12.1 Å². The molecular weight excluding hydrogens is 275 g/mol. The molecule has 1 saturated heterocycles. The zero-order chi connectivity index (χ0) is 14.7. The predicted octanol–water partition coefficient (Wildman–Crippen LogP) is 1.32. The van der Waals surface area contributed by atoms with Crippen molar-refractivity contribution in [2.24, 2.45) is 0 Å². The highest BCUT2D eigenvalue weighted by Crippen LogP contribution is 2.11. The van der Waals surface area contributed by atoms with Crippen LogP contribution in [0.2, 0.25) is 0 Å². The van der Waals surface area contributed by atoms with Crippen molar-refractivity contribution in [3.05, 3.63) is 42.0 Å². The number of amides is 1. The number of rotatable bonds is 4. The van der Waals surface area contributed by atoms with Crippen molar-refractivity contribution in [3.63, 3.8) is 0 Å². The van der Waals surface area contributed by atoms with Crippen LogP contribution in [-0.2, 0) is 4.74 Å². The van der Waals surface area contributed by atoms with Crippen LogP contribution in [0.25, 0.3) is 5.69 Å². The Morgan fingerprint density at radius 3 is 2.95 bits per heavy atom. The Balaban J connectivity index is 1.63. The molecule has 0 radical (unpaired) electrons. The molecule has 3 rings (SSSR count). The molecule has 0 spiro atoms. The van der Waals surface area contributed by atoms with Crippen LogP contribution >= 0.6 is 0 Å². The van der Waals surface area contributed by atoms with Crippen LogP contribution in [0.5, 0.6) is 0 Å². The summed E-state index contributed by atoms with van der Waals surface area (Å²) in [5.41, 5.74) is 0.861. The van der Waals surface area contributed by atoms with E-state index in [9.17, 15) is 9.18 Å². The topological polar surface area (TPSA) is 69.0 Å². The Labute approximate surface area is 120 Å².